The van der Waals surface area contributed by atoms with Crippen LogP contribution in [0.2, 0.25) is 0 Å². The Labute approximate surface area is 116 Å². The highest BCUT2D eigenvalue weighted by molar-refractivity contribution is 5.32. The summed E-state index contributed by atoms with van der Waals surface area (Å²) in [7, 11) is 0. The predicted octanol–water partition coefficient (Wildman–Crippen LogP) is 1.26. The normalized spacial score (nSPS) is 23.3. The molecule has 0 radical (unpaired) electrons. The fourth-order valence-electron chi connectivity index (χ4n) is 2.70. The first kappa shape index (κ1) is 14.4. The Balaban J connectivity index is 1.66. The second-order valence-corrected chi connectivity index (χ2v) is 5.65. The summed E-state index contributed by atoms with van der Waals surface area (Å²) >= 11 is 0. The van der Waals surface area contributed by atoms with Gasteiger partial charge in [-0.1, -0.05) is 25.1 Å². The predicted molar refractivity (Wildman–Crippen MR) is 76.4 cm³/mol. The van der Waals surface area contributed by atoms with Crippen LogP contribution in [0, 0.1) is 5.92 Å². The number of hydrogen-bond donors (Lipinski definition) is 2. The maximum atomic E-state index is 9.22. The summed E-state index contributed by atoms with van der Waals surface area (Å²) in [5.74, 6) is 1.74. The van der Waals surface area contributed by atoms with Crippen LogP contribution in [-0.2, 0) is 6.61 Å². The first-order valence-electron chi connectivity index (χ1n) is 7.44. The molecular formula is C16H26NO2+. The zero-order valence-corrected chi connectivity index (χ0v) is 11.9. The van der Waals surface area contributed by atoms with Crippen molar-refractivity contribution in [2.24, 2.45) is 5.92 Å². The van der Waals surface area contributed by atoms with E-state index in [9.17, 15) is 5.11 Å². The van der Waals surface area contributed by atoms with Gasteiger partial charge < -0.3 is 14.7 Å². The van der Waals surface area contributed by atoms with Gasteiger partial charge in [-0.2, -0.15) is 0 Å². The molecule has 1 aliphatic heterocycles. The number of likely N-dealkylation sites (tertiary alicyclic amines) is 1. The van der Waals surface area contributed by atoms with Gasteiger partial charge in [-0.05, 0) is 24.8 Å². The van der Waals surface area contributed by atoms with E-state index in [2.05, 4.69) is 6.92 Å². The van der Waals surface area contributed by atoms with Crippen molar-refractivity contribution >= 4 is 0 Å². The highest BCUT2D eigenvalue weighted by atomic mass is 16.5. The monoisotopic (exact) mass is 264 g/mol. The molecule has 0 aliphatic carbocycles. The van der Waals surface area contributed by atoms with Gasteiger partial charge in [0, 0.05) is 12.0 Å². The zero-order chi connectivity index (χ0) is 13.5. The van der Waals surface area contributed by atoms with Gasteiger partial charge in [-0.15, -0.1) is 0 Å². The van der Waals surface area contributed by atoms with Crippen molar-refractivity contribution in [3.05, 3.63) is 29.8 Å². The molecule has 19 heavy (non-hydrogen) atoms. The van der Waals surface area contributed by atoms with Crippen LogP contribution in [-0.4, -0.2) is 31.3 Å². The smallest absolute Gasteiger partial charge is 0.124 e. The Bertz CT molecular complexity index is 373. The molecule has 3 nitrogen and oxygen atoms in total. The van der Waals surface area contributed by atoms with E-state index < -0.39 is 0 Å². The minimum Gasteiger partial charge on any atom is -0.493 e. The topological polar surface area (TPSA) is 33.9 Å². The standard InChI is InChI=1S/C16H25NO2/c1-14-7-10-17(11-8-14)9-4-12-19-16-6-3-2-5-15(16)13-18/h2-3,5-6,14,18H,4,7-13H2,1H3/p+1. The van der Waals surface area contributed by atoms with E-state index in [0.29, 0.717) is 0 Å². The Kier molecular flexibility index (Phi) is 5.67. The minimum atomic E-state index is 0.0471. The second kappa shape index (κ2) is 7.51. The van der Waals surface area contributed by atoms with Crippen LogP contribution in [0.25, 0.3) is 0 Å². The van der Waals surface area contributed by atoms with Crippen molar-refractivity contribution in [2.75, 3.05) is 26.2 Å². The van der Waals surface area contributed by atoms with Gasteiger partial charge in [-0.25, -0.2) is 0 Å². The molecule has 1 aliphatic rings. The highest BCUT2D eigenvalue weighted by Gasteiger charge is 2.18. The molecule has 1 fully saturated rings. The first-order chi connectivity index (χ1) is 9.29. The summed E-state index contributed by atoms with van der Waals surface area (Å²) in [5.41, 5.74) is 0.877. The average Bonchev–Trinajstić information content (AvgIpc) is 2.46. The summed E-state index contributed by atoms with van der Waals surface area (Å²) in [5, 5.41) is 9.22. The van der Waals surface area contributed by atoms with Crippen molar-refractivity contribution < 1.29 is 14.7 Å². The van der Waals surface area contributed by atoms with Gasteiger partial charge >= 0.3 is 0 Å². The molecular weight excluding hydrogens is 238 g/mol. The highest BCUT2D eigenvalue weighted by Crippen LogP contribution is 2.17. The molecule has 0 unspecified atom stereocenters. The van der Waals surface area contributed by atoms with Crippen LogP contribution in [0.3, 0.4) is 0 Å². The number of piperidine rings is 1. The summed E-state index contributed by atoms with van der Waals surface area (Å²) in [6, 6.07) is 7.72. The van der Waals surface area contributed by atoms with Crippen LogP contribution >= 0.6 is 0 Å². The van der Waals surface area contributed by atoms with Gasteiger partial charge in [0.05, 0.1) is 32.8 Å². The molecule has 0 atom stereocenters. The lowest BCUT2D eigenvalue weighted by molar-refractivity contribution is -0.906. The maximum Gasteiger partial charge on any atom is 0.124 e. The van der Waals surface area contributed by atoms with E-state index in [0.717, 1.165) is 30.3 Å². The third-order valence-corrected chi connectivity index (χ3v) is 4.06. The number of aliphatic hydroxyl groups is 1. The van der Waals surface area contributed by atoms with E-state index in [-0.39, 0.29) is 6.61 Å². The van der Waals surface area contributed by atoms with Gasteiger partial charge in [0.1, 0.15) is 5.75 Å². The van der Waals surface area contributed by atoms with Crippen molar-refractivity contribution in [3.8, 4) is 5.75 Å². The molecule has 0 aromatic heterocycles. The third kappa shape index (κ3) is 4.51. The summed E-state index contributed by atoms with van der Waals surface area (Å²) in [4.78, 5) is 1.72. The van der Waals surface area contributed by atoms with Gasteiger partial charge in [0.25, 0.3) is 0 Å². The molecule has 0 bridgehead atoms. The largest absolute Gasteiger partial charge is 0.493 e. The number of benzene rings is 1. The number of ether oxygens (including phenoxy) is 1. The molecule has 0 spiro atoms. The molecule has 1 saturated heterocycles. The van der Waals surface area contributed by atoms with Crippen LogP contribution in [0.4, 0.5) is 0 Å². The molecule has 1 aromatic carbocycles. The number of hydrogen-bond acceptors (Lipinski definition) is 2. The fraction of sp³-hybridized carbons (Fsp3) is 0.625. The summed E-state index contributed by atoms with van der Waals surface area (Å²) in [6.45, 7) is 6.98. The number of nitrogens with one attached hydrogen (secondary N) is 1. The van der Waals surface area contributed by atoms with Crippen molar-refractivity contribution in [2.45, 2.75) is 32.8 Å². The van der Waals surface area contributed by atoms with Crippen molar-refractivity contribution in [1.29, 1.82) is 0 Å². The molecule has 0 saturated carbocycles. The molecule has 106 valence electrons. The Morgan fingerprint density at radius 3 is 2.74 bits per heavy atom. The fourth-order valence-corrected chi connectivity index (χ4v) is 2.70. The van der Waals surface area contributed by atoms with Gasteiger partial charge in [0.15, 0.2) is 0 Å². The van der Waals surface area contributed by atoms with Gasteiger partial charge in [0.2, 0.25) is 0 Å². The molecule has 1 aromatic rings. The van der Waals surface area contributed by atoms with E-state index >= 15 is 0 Å². The van der Waals surface area contributed by atoms with Gasteiger partial charge in [-0.3, -0.25) is 0 Å². The zero-order valence-electron chi connectivity index (χ0n) is 11.9. The first-order valence-corrected chi connectivity index (χ1v) is 7.44. The molecule has 3 heteroatoms. The number of para-hydroxylation sites is 1. The molecule has 1 heterocycles. The SMILES string of the molecule is CC1CC[NH+](CCCOc2ccccc2CO)CC1. The summed E-state index contributed by atoms with van der Waals surface area (Å²) < 4.78 is 5.77. The van der Waals surface area contributed by atoms with Crippen LogP contribution in [0.1, 0.15) is 31.7 Å². The Morgan fingerprint density at radius 1 is 1.26 bits per heavy atom. The van der Waals surface area contributed by atoms with Crippen LogP contribution in [0.5, 0.6) is 5.75 Å². The molecule has 0 amide bonds. The van der Waals surface area contributed by atoms with Crippen molar-refractivity contribution in [3.63, 3.8) is 0 Å². The summed E-state index contributed by atoms with van der Waals surface area (Å²) in [6.07, 6.45) is 3.82. The van der Waals surface area contributed by atoms with Crippen LogP contribution in [0.15, 0.2) is 24.3 Å². The molecule has 2 rings (SSSR count). The third-order valence-electron chi connectivity index (χ3n) is 4.06. The lowest BCUT2D eigenvalue weighted by Gasteiger charge is -2.27. The average molecular weight is 264 g/mol. The Morgan fingerprint density at radius 2 is 2.00 bits per heavy atom. The van der Waals surface area contributed by atoms with E-state index in [1.807, 2.05) is 24.3 Å². The van der Waals surface area contributed by atoms with E-state index in [1.165, 1.54) is 32.5 Å². The van der Waals surface area contributed by atoms with Crippen LogP contribution < -0.4 is 9.64 Å². The van der Waals surface area contributed by atoms with E-state index in [4.69, 9.17) is 4.74 Å². The quantitative estimate of drug-likeness (QED) is 0.759. The number of rotatable bonds is 6. The second-order valence-electron chi connectivity index (χ2n) is 5.65. The maximum absolute atomic E-state index is 9.22. The number of aliphatic hydroxyl groups excluding tert-OH is 1. The van der Waals surface area contributed by atoms with E-state index in [1.54, 1.807) is 4.90 Å². The Hall–Kier alpha value is -1.06. The minimum absolute atomic E-state index is 0.0471. The van der Waals surface area contributed by atoms with Crippen molar-refractivity contribution in [1.82, 2.24) is 0 Å². The number of quaternary nitrogens is 1. The lowest BCUT2D eigenvalue weighted by Crippen LogP contribution is -3.13. The lowest BCUT2D eigenvalue weighted by atomic mass is 9.99. The molecule has 2 N–H and O–H groups in total.